The van der Waals surface area contributed by atoms with Gasteiger partial charge in [0.15, 0.2) is 5.75 Å². The van der Waals surface area contributed by atoms with Crippen LogP contribution in [0.15, 0.2) is 66.7 Å². The van der Waals surface area contributed by atoms with E-state index in [1.807, 2.05) is 0 Å². The fourth-order valence-electron chi connectivity index (χ4n) is 4.18. The third-order valence-corrected chi connectivity index (χ3v) is 5.78. The van der Waals surface area contributed by atoms with Gasteiger partial charge in [-0.15, -0.1) is 13.2 Å². The van der Waals surface area contributed by atoms with Gasteiger partial charge in [-0.05, 0) is 41.5 Å². The number of nitrogens with zero attached hydrogens (tertiary/aromatic N) is 1. The first-order valence-electron chi connectivity index (χ1n) is 11.5. The monoisotopic (exact) mass is 563 g/mol. The summed E-state index contributed by atoms with van der Waals surface area (Å²) in [5.74, 6) is -0.807. The van der Waals surface area contributed by atoms with Crippen LogP contribution in [0.4, 0.5) is 40.8 Å². The summed E-state index contributed by atoms with van der Waals surface area (Å²) in [7, 11) is 0. The first-order valence-corrected chi connectivity index (χ1v) is 11.5. The lowest BCUT2D eigenvalue weighted by atomic mass is 9.98. The Bertz CT molecular complexity index is 1290. The van der Waals surface area contributed by atoms with Crippen LogP contribution >= 0.6 is 0 Å². The maximum atomic E-state index is 13.5. The van der Waals surface area contributed by atoms with E-state index < -0.39 is 49.2 Å². The number of β-amino-alcohol motifs (C(OH)–C–C–N with tert-alkyl or cyclic N) is 1. The largest absolute Gasteiger partial charge is 0.573 e. The number of aliphatic hydroxyl groups is 1. The van der Waals surface area contributed by atoms with E-state index in [4.69, 9.17) is 4.74 Å². The Labute approximate surface area is 217 Å². The highest BCUT2D eigenvalue weighted by Crippen LogP contribution is 2.46. The Kier molecular flexibility index (Phi) is 8.09. The molecule has 1 heterocycles. The maximum absolute atomic E-state index is 13.5. The van der Waals surface area contributed by atoms with Crippen LogP contribution in [-0.2, 0) is 0 Å². The minimum absolute atomic E-state index is 0.170. The Morgan fingerprint density at radius 1 is 0.923 bits per heavy atom. The number of hydrogen-bond acceptors (Lipinski definition) is 5. The van der Waals surface area contributed by atoms with Crippen LogP contribution in [0.25, 0.3) is 11.1 Å². The molecule has 0 spiro atoms. The summed E-state index contributed by atoms with van der Waals surface area (Å²) in [6, 6.07) is 14.0. The molecule has 13 heteroatoms. The molecule has 0 saturated carbocycles. The molecule has 0 radical (unpaired) electrons. The first kappa shape index (κ1) is 28.3. The molecule has 1 aliphatic heterocycles. The van der Waals surface area contributed by atoms with Crippen LogP contribution in [0, 0.1) is 0 Å². The van der Waals surface area contributed by atoms with E-state index >= 15 is 0 Å². The predicted octanol–water partition coefficient (Wildman–Crippen LogP) is 6.76. The molecule has 3 aromatic rings. The van der Waals surface area contributed by atoms with Crippen molar-refractivity contribution >= 4 is 5.69 Å². The third-order valence-electron chi connectivity index (χ3n) is 5.78. The quantitative estimate of drug-likeness (QED) is 0.292. The van der Waals surface area contributed by atoms with Crippen LogP contribution < -0.4 is 19.1 Å². The average Bonchev–Trinajstić information content (AvgIpc) is 2.87. The van der Waals surface area contributed by atoms with Crippen molar-refractivity contribution in [2.24, 2.45) is 0 Å². The van der Waals surface area contributed by atoms with Gasteiger partial charge in [-0.1, -0.05) is 36.4 Å². The molecule has 0 saturated heterocycles. The summed E-state index contributed by atoms with van der Waals surface area (Å²) in [4.78, 5) is 1.53. The van der Waals surface area contributed by atoms with Gasteiger partial charge in [0.2, 0.25) is 0 Å². The third kappa shape index (κ3) is 6.64. The molecule has 3 aromatic carbocycles. The van der Waals surface area contributed by atoms with Gasteiger partial charge in [0.25, 0.3) is 0 Å². The smallest absolute Gasteiger partial charge is 0.488 e. The number of benzene rings is 3. The lowest BCUT2D eigenvalue weighted by Gasteiger charge is -2.40. The van der Waals surface area contributed by atoms with Crippen LogP contribution in [0.2, 0.25) is 0 Å². The number of fused-ring (bicyclic) bond motifs is 1. The standard InChI is InChI=1S/C26H21F8NO4/c27-12-17(36)13-35-21-9-3-8-20(15-4-1-7-19(10-15)39-26(32,33)34)23(21)37-14-22(35)16-5-2-6-18(11-16)38-25(30,31)24(28)29/h1-11,17,22,24,36H,12-14H2/t17-,22-/m1/s1. The van der Waals surface area contributed by atoms with E-state index in [2.05, 4.69) is 9.47 Å². The summed E-state index contributed by atoms with van der Waals surface area (Å²) in [6.07, 6.45) is -15.2. The average molecular weight is 563 g/mol. The number of anilines is 1. The molecule has 210 valence electrons. The van der Waals surface area contributed by atoms with Crippen molar-refractivity contribution in [3.63, 3.8) is 0 Å². The molecular formula is C26H21F8NO4. The second-order valence-corrected chi connectivity index (χ2v) is 8.55. The van der Waals surface area contributed by atoms with Crippen molar-refractivity contribution in [1.82, 2.24) is 0 Å². The van der Waals surface area contributed by atoms with Gasteiger partial charge in [-0.3, -0.25) is 0 Å². The molecule has 39 heavy (non-hydrogen) atoms. The Morgan fingerprint density at radius 3 is 2.26 bits per heavy atom. The molecule has 2 atom stereocenters. The number of halogens is 8. The van der Waals surface area contributed by atoms with Crippen LogP contribution in [0.3, 0.4) is 0 Å². The molecule has 0 fully saturated rings. The van der Waals surface area contributed by atoms with Gasteiger partial charge in [-0.25, -0.2) is 4.39 Å². The number of para-hydroxylation sites is 1. The number of ether oxygens (including phenoxy) is 3. The van der Waals surface area contributed by atoms with Crippen LogP contribution in [0.1, 0.15) is 11.6 Å². The fourth-order valence-corrected chi connectivity index (χ4v) is 4.18. The van der Waals surface area contributed by atoms with Gasteiger partial charge >= 0.3 is 18.9 Å². The highest BCUT2D eigenvalue weighted by Gasteiger charge is 2.44. The Balaban J connectivity index is 1.72. The second kappa shape index (κ2) is 11.2. The van der Waals surface area contributed by atoms with Crippen molar-refractivity contribution < 1.29 is 54.4 Å². The SMILES string of the molecule is O[C@H](CF)CN1c2cccc(-c3cccc(OC(F)(F)F)c3)c2OC[C@@H]1c1cccc(OC(F)(F)C(F)F)c1. The fraction of sp³-hybridized carbons (Fsp3) is 0.308. The van der Waals surface area contributed by atoms with E-state index in [1.165, 1.54) is 29.2 Å². The minimum Gasteiger partial charge on any atom is -0.488 e. The van der Waals surface area contributed by atoms with E-state index in [9.17, 15) is 40.2 Å². The van der Waals surface area contributed by atoms with Crippen molar-refractivity contribution in [2.45, 2.75) is 31.0 Å². The Hall–Kier alpha value is -3.74. The highest BCUT2D eigenvalue weighted by molar-refractivity contribution is 5.80. The van der Waals surface area contributed by atoms with E-state index in [0.717, 1.165) is 24.3 Å². The summed E-state index contributed by atoms with van der Waals surface area (Å²) < 4.78 is 118. The minimum atomic E-state index is -4.91. The molecule has 1 aliphatic rings. The number of hydrogen-bond donors (Lipinski definition) is 1. The molecule has 4 rings (SSSR count). The van der Waals surface area contributed by atoms with Gasteiger partial charge in [0.05, 0.1) is 17.8 Å². The van der Waals surface area contributed by atoms with Crippen molar-refractivity contribution in [2.75, 3.05) is 24.7 Å². The molecule has 0 amide bonds. The molecule has 5 nitrogen and oxygen atoms in total. The molecule has 1 N–H and O–H groups in total. The topological polar surface area (TPSA) is 51.2 Å². The van der Waals surface area contributed by atoms with Crippen LogP contribution in [-0.4, -0.2) is 49.9 Å². The van der Waals surface area contributed by atoms with Gasteiger partial charge in [0, 0.05) is 12.1 Å². The summed E-state index contributed by atoms with van der Waals surface area (Å²) in [6.45, 7) is -1.56. The number of rotatable bonds is 9. The van der Waals surface area contributed by atoms with E-state index in [0.29, 0.717) is 16.8 Å². The summed E-state index contributed by atoms with van der Waals surface area (Å²) in [5.41, 5.74) is 1.28. The van der Waals surface area contributed by atoms with Gasteiger partial charge in [0.1, 0.15) is 24.8 Å². The number of alkyl halides is 8. The molecular weight excluding hydrogens is 542 g/mol. The van der Waals surface area contributed by atoms with Gasteiger partial charge < -0.3 is 24.2 Å². The lowest BCUT2D eigenvalue weighted by Crippen LogP contribution is -2.42. The first-order chi connectivity index (χ1) is 18.4. The van der Waals surface area contributed by atoms with E-state index in [-0.39, 0.29) is 24.5 Å². The number of aliphatic hydroxyl groups excluding tert-OH is 1. The zero-order valence-electron chi connectivity index (χ0n) is 19.8. The summed E-state index contributed by atoms with van der Waals surface area (Å²) in [5, 5.41) is 10.1. The zero-order valence-corrected chi connectivity index (χ0v) is 19.8. The summed E-state index contributed by atoms with van der Waals surface area (Å²) >= 11 is 0. The molecule has 0 bridgehead atoms. The highest BCUT2D eigenvalue weighted by atomic mass is 19.4. The van der Waals surface area contributed by atoms with Crippen molar-refractivity contribution in [3.05, 3.63) is 72.3 Å². The molecule has 0 aromatic heterocycles. The second-order valence-electron chi connectivity index (χ2n) is 8.55. The normalized spacial score (nSPS) is 16.5. The Morgan fingerprint density at radius 2 is 1.59 bits per heavy atom. The molecule has 0 unspecified atom stereocenters. The predicted molar refractivity (Wildman–Crippen MR) is 124 cm³/mol. The van der Waals surface area contributed by atoms with Crippen molar-refractivity contribution in [3.8, 4) is 28.4 Å². The van der Waals surface area contributed by atoms with Crippen molar-refractivity contribution in [1.29, 1.82) is 0 Å². The lowest BCUT2D eigenvalue weighted by molar-refractivity contribution is -0.274. The zero-order chi connectivity index (χ0) is 28.4. The van der Waals surface area contributed by atoms with Gasteiger partial charge in [-0.2, -0.15) is 17.6 Å². The maximum Gasteiger partial charge on any atom is 0.573 e. The van der Waals surface area contributed by atoms with E-state index in [1.54, 1.807) is 18.2 Å². The molecule has 0 aliphatic carbocycles. The van der Waals surface area contributed by atoms with Crippen LogP contribution in [0.5, 0.6) is 17.2 Å².